The van der Waals surface area contributed by atoms with Gasteiger partial charge < -0.3 is 19.8 Å². The van der Waals surface area contributed by atoms with E-state index >= 15 is 0 Å². The first-order valence-electron chi connectivity index (χ1n) is 13.0. The molecule has 202 valence electrons. The number of benzene rings is 3. The van der Waals surface area contributed by atoms with E-state index in [0.717, 1.165) is 28.2 Å². The molecule has 3 aromatic rings. The molecule has 7 heteroatoms. The van der Waals surface area contributed by atoms with Gasteiger partial charge in [-0.2, -0.15) is 0 Å². The minimum Gasteiger partial charge on any atom is -0.543 e. The van der Waals surface area contributed by atoms with E-state index in [-0.39, 0.29) is 23.3 Å². The zero-order valence-electron chi connectivity index (χ0n) is 23.3. The number of carbonyl (C=O) groups is 2. The number of amides is 2. The van der Waals surface area contributed by atoms with E-state index in [1.807, 2.05) is 78.9 Å². The summed E-state index contributed by atoms with van der Waals surface area (Å²) in [6, 6.07) is 24.2. The first-order valence-corrected chi connectivity index (χ1v) is 15.9. The normalized spacial score (nSPS) is 12.4. The molecule has 0 radical (unpaired) electrons. The largest absolute Gasteiger partial charge is 0.543 e. The van der Waals surface area contributed by atoms with E-state index in [4.69, 9.17) is 9.16 Å². The third kappa shape index (κ3) is 8.48. The zero-order valence-corrected chi connectivity index (χ0v) is 24.3. The van der Waals surface area contributed by atoms with Crippen LogP contribution in [-0.2, 0) is 29.0 Å². The van der Waals surface area contributed by atoms with Crippen LogP contribution in [0.2, 0.25) is 18.1 Å². The van der Waals surface area contributed by atoms with Crippen molar-refractivity contribution in [3.8, 4) is 11.5 Å². The van der Waals surface area contributed by atoms with Crippen molar-refractivity contribution in [3.05, 3.63) is 95.6 Å². The molecule has 0 aliphatic heterocycles. The standard InChI is InChI=1S/C31H40N2O4Si/c1-31(2,3)38(5,6)37-27-14-10-13-25(19-27)20-28(30(35)32-22-24-11-8-7-9-12-24)33-29(34)21-23-15-17-26(36-4)18-16-23/h7-19,28H,20-22H2,1-6H3,(H,32,35)(H,33,34)/t28-/m1/s1. The Kier molecular flexibility index (Phi) is 9.75. The second kappa shape index (κ2) is 12.8. The lowest BCUT2D eigenvalue weighted by Crippen LogP contribution is -2.48. The van der Waals surface area contributed by atoms with Crippen LogP contribution in [0, 0.1) is 0 Å². The van der Waals surface area contributed by atoms with Crippen molar-refractivity contribution in [2.24, 2.45) is 0 Å². The quantitative estimate of drug-likeness (QED) is 0.312. The summed E-state index contributed by atoms with van der Waals surface area (Å²) in [5.41, 5.74) is 2.76. The molecule has 38 heavy (non-hydrogen) atoms. The molecule has 3 aromatic carbocycles. The smallest absolute Gasteiger partial charge is 0.250 e. The number of hydrogen-bond donors (Lipinski definition) is 2. The van der Waals surface area contributed by atoms with Gasteiger partial charge in [-0.1, -0.05) is 75.4 Å². The highest BCUT2D eigenvalue weighted by molar-refractivity contribution is 6.74. The predicted molar refractivity (Wildman–Crippen MR) is 155 cm³/mol. The van der Waals surface area contributed by atoms with Crippen molar-refractivity contribution in [2.75, 3.05) is 7.11 Å². The molecule has 6 nitrogen and oxygen atoms in total. The third-order valence-corrected chi connectivity index (χ3v) is 11.4. The highest BCUT2D eigenvalue weighted by Crippen LogP contribution is 2.37. The highest BCUT2D eigenvalue weighted by Gasteiger charge is 2.39. The third-order valence-electron chi connectivity index (χ3n) is 7.00. The molecule has 0 bridgehead atoms. The topological polar surface area (TPSA) is 76.7 Å². The van der Waals surface area contributed by atoms with E-state index in [1.165, 1.54) is 0 Å². The van der Waals surface area contributed by atoms with Crippen LogP contribution >= 0.6 is 0 Å². The van der Waals surface area contributed by atoms with Gasteiger partial charge in [-0.3, -0.25) is 9.59 Å². The van der Waals surface area contributed by atoms with Gasteiger partial charge in [0.2, 0.25) is 20.1 Å². The molecule has 2 amide bonds. The lowest BCUT2D eigenvalue weighted by molar-refractivity contribution is -0.128. The molecule has 0 unspecified atom stereocenters. The van der Waals surface area contributed by atoms with Gasteiger partial charge in [0.05, 0.1) is 13.5 Å². The van der Waals surface area contributed by atoms with E-state index in [9.17, 15) is 9.59 Å². The summed E-state index contributed by atoms with van der Waals surface area (Å²) in [5.74, 6) is 1.07. The molecule has 2 N–H and O–H groups in total. The molecular formula is C31H40N2O4Si. The lowest BCUT2D eigenvalue weighted by atomic mass is 10.0. The minimum absolute atomic E-state index is 0.0678. The summed E-state index contributed by atoms with van der Waals surface area (Å²) in [6.07, 6.45) is 0.519. The number of carbonyl (C=O) groups excluding carboxylic acids is 2. The maximum atomic E-state index is 13.3. The average Bonchev–Trinajstić information content (AvgIpc) is 2.87. The predicted octanol–water partition coefficient (Wildman–Crippen LogP) is 5.67. The molecule has 0 spiro atoms. The number of nitrogens with one attached hydrogen (secondary N) is 2. The summed E-state index contributed by atoms with van der Waals surface area (Å²) in [4.78, 5) is 26.2. The summed E-state index contributed by atoms with van der Waals surface area (Å²) in [6.45, 7) is 11.4. The monoisotopic (exact) mass is 532 g/mol. The van der Waals surface area contributed by atoms with E-state index in [2.05, 4.69) is 44.5 Å². The van der Waals surface area contributed by atoms with Crippen LogP contribution in [0.25, 0.3) is 0 Å². The van der Waals surface area contributed by atoms with Crippen molar-refractivity contribution in [1.29, 1.82) is 0 Å². The van der Waals surface area contributed by atoms with Gasteiger partial charge in [0.15, 0.2) is 0 Å². The van der Waals surface area contributed by atoms with E-state index in [0.29, 0.717) is 13.0 Å². The first-order chi connectivity index (χ1) is 18.0. The molecular weight excluding hydrogens is 492 g/mol. The van der Waals surface area contributed by atoms with Crippen LogP contribution in [0.1, 0.15) is 37.5 Å². The SMILES string of the molecule is COc1ccc(CC(=O)N[C@H](Cc2cccc(O[Si](C)(C)C(C)(C)C)c2)C(=O)NCc2ccccc2)cc1. The first kappa shape index (κ1) is 29.0. The van der Waals surface area contributed by atoms with Crippen LogP contribution in [-0.4, -0.2) is 33.3 Å². The van der Waals surface area contributed by atoms with Gasteiger partial charge in [-0.25, -0.2) is 0 Å². The van der Waals surface area contributed by atoms with Crippen molar-refractivity contribution in [2.45, 2.75) is 64.3 Å². The van der Waals surface area contributed by atoms with E-state index < -0.39 is 14.4 Å². The van der Waals surface area contributed by atoms with Crippen molar-refractivity contribution in [3.63, 3.8) is 0 Å². The Morgan fingerprint density at radius 2 is 1.50 bits per heavy atom. The van der Waals surface area contributed by atoms with Crippen LogP contribution < -0.4 is 19.8 Å². The number of methoxy groups -OCH3 is 1. The molecule has 3 rings (SSSR count). The number of hydrogen-bond acceptors (Lipinski definition) is 4. The summed E-state index contributed by atoms with van der Waals surface area (Å²) < 4.78 is 11.7. The van der Waals surface area contributed by atoms with Crippen molar-refractivity contribution < 1.29 is 18.8 Å². The minimum atomic E-state index is -2.01. The Balaban J connectivity index is 1.75. The maximum Gasteiger partial charge on any atom is 0.250 e. The molecule has 0 aromatic heterocycles. The second-order valence-corrected chi connectivity index (χ2v) is 15.8. The molecule has 0 aliphatic carbocycles. The molecule has 0 saturated heterocycles. The number of ether oxygens (including phenoxy) is 1. The Bertz CT molecular complexity index is 1200. The fraction of sp³-hybridized carbons (Fsp3) is 0.355. The molecule has 0 saturated carbocycles. The Hall–Kier alpha value is -3.58. The molecule has 0 heterocycles. The second-order valence-electron chi connectivity index (χ2n) is 11.1. The fourth-order valence-electron chi connectivity index (χ4n) is 3.71. The van der Waals surface area contributed by atoms with Crippen LogP contribution in [0.5, 0.6) is 11.5 Å². The van der Waals surface area contributed by atoms with Gasteiger partial charge in [0, 0.05) is 13.0 Å². The van der Waals surface area contributed by atoms with Crippen molar-refractivity contribution >= 4 is 20.1 Å². The summed E-state index contributed by atoms with van der Waals surface area (Å²) in [5, 5.41) is 6.01. The maximum absolute atomic E-state index is 13.3. The van der Waals surface area contributed by atoms with Gasteiger partial charge >= 0.3 is 0 Å². The molecule has 0 aliphatic rings. The van der Waals surface area contributed by atoms with Gasteiger partial charge in [-0.15, -0.1) is 0 Å². The van der Waals surface area contributed by atoms with Crippen LogP contribution in [0.4, 0.5) is 0 Å². The van der Waals surface area contributed by atoms with Crippen molar-refractivity contribution in [1.82, 2.24) is 10.6 Å². The van der Waals surface area contributed by atoms with Gasteiger partial charge in [0.1, 0.15) is 17.5 Å². The van der Waals surface area contributed by atoms with Crippen LogP contribution in [0.15, 0.2) is 78.9 Å². The average molecular weight is 533 g/mol. The molecule has 1 atom stereocenters. The molecule has 0 fully saturated rings. The van der Waals surface area contributed by atoms with Gasteiger partial charge in [-0.05, 0) is 59.1 Å². The Morgan fingerprint density at radius 1 is 0.842 bits per heavy atom. The Labute approximate surface area is 227 Å². The summed E-state index contributed by atoms with van der Waals surface area (Å²) in [7, 11) is -0.411. The summed E-state index contributed by atoms with van der Waals surface area (Å²) >= 11 is 0. The number of rotatable bonds is 11. The van der Waals surface area contributed by atoms with Crippen LogP contribution in [0.3, 0.4) is 0 Å². The van der Waals surface area contributed by atoms with E-state index in [1.54, 1.807) is 7.11 Å². The van der Waals surface area contributed by atoms with Gasteiger partial charge in [0.25, 0.3) is 0 Å². The fourth-order valence-corrected chi connectivity index (χ4v) is 4.73. The zero-order chi connectivity index (χ0) is 27.8. The Morgan fingerprint density at radius 3 is 2.13 bits per heavy atom. The highest BCUT2D eigenvalue weighted by atomic mass is 28.4. The lowest BCUT2D eigenvalue weighted by Gasteiger charge is -2.36.